The second kappa shape index (κ2) is 5.02. The molecule has 3 aromatic rings. The Hall–Kier alpha value is -2.67. The Morgan fingerprint density at radius 1 is 1.10 bits per heavy atom. The summed E-state index contributed by atoms with van der Waals surface area (Å²) >= 11 is 0. The first-order valence-corrected chi connectivity index (χ1v) is 7.62. The number of nitrogens with zero attached hydrogens (tertiary/aromatic N) is 2. The summed E-state index contributed by atoms with van der Waals surface area (Å²) in [4.78, 5) is 7.88. The first kappa shape index (κ1) is 13.3. The highest BCUT2D eigenvalue weighted by atomic mass is 32.2. The average Bonchev–Trinajstić information content (AvgIpc) is 2.47. The third-order valence-electron chi connectivity index (χ3n) is 2.99. The van der Waals surface area contributed by atoms with Crippen LogP contribution in [-0.4, -0.2) is 18.4 Å². The van der Waals surface area contributed by atoms with Gasteiger partial charge in [-0.25, -0.2) is 13.4 Å². The van der Waals surface area contributed by atoms with Crippen LogP contribution in [0.5, 0.6) is 0 Å². The number of nitrogens with one attached hydrogen (secondary N) is 1. The van der Waals surface area contributed by atoms with Crippen molar-refractivity contribution in [2.45, 2.75) is 4.90 Å². The number of hydrogen-bond donors (Lipinski definition) is 2. The molecule has 0 saturated carbocycles. The van der Waals surface area contributed by atoms with Crippen molar-refractivity contribution >= 4 is 32.3 Å². The van der Waals surface area contributed by atoms with Crippen LogP contribution in [0, 0.1) is 0 Å². The van der Waals surface area contributed by atoms with Gasteiger partial charge >= 0.3 is 0 Å². The van der Waals surface area contributed by atoms with Crippen molar-refractivity contribution in [3.05, 3.63) is 55.0 Å². The Bertz CT molecular complexity index is 904. The second-order valence-corrected chi connectivity index (χ2v) is 6.11. The van der Waals surface area contributed by atoms with Gasteiger partial charge in [0.15, 0.2) is 0 Å². The number of nitrogen functional groups attached to an aromatic ring is 1. The minimum atomic E-state index is -3.72. The van der Waals surface area contributed by atoms with Gasteiger partial charge in [0.1, 0.15) is 5.82 Å². The molecule has 0 bridgehead atoms. The van der Waals surface area contributed by atoms with Gasteiger partial charge in [0.05, 0.1) is 10.6 Å². The average molecular weight is 300 g/mol. The third-order valence-corrected chi connectivity index (χ3v) is 4.35. The highest BCUT2D eigenvalue weighted by Crippen LogP contribution is 2.25. The number of nitrogens with two attached hydrogens (primary N) is 1. The normalized spacial score (nSPS) is 11.4. The fourth-order valence-electron chi connectivity index (χ4n) is 2.01. The molecule has 0 saturated heterocycles. The van der Waals surface area contributed by atoms with Crippen molar-refractivity contribution in [1.82, 2.24) is 9.97 Å². The molecule has 3 N–H and O–H groups in total. The first-order chi connectivity index (χ1) is 10.1. The molecule has 0 fully saturated rings. The van der Waals surface area contributed by atoms with Crippen LogP contribution in [0.25, 0.3) is 10.8 Å². The van der Waals surface area contributed by atoms with E-state index in [2.05, 4.69) is 14.7 Å². The Morgan fingerprint density at radius 2 is 1.95 bits per heavy atom. The van der Waals surface area contributed by atoms with E-state index in [0.717, 1.165) is 10.8 Å². The van der Waals surface area contributed by atoms with Crippen LogP contribution in [0.4, 0.5) is 11.5 Å². The summed E-state index contributed by atoms with van der Waals surface area (Å²) in [6, 6.07) is 9.80. The number of sulfonamides is 1. The molecule has 0 unspecified atom stereocenters. The van der Waals surface area contributed by atoms with Crippen molar-refractivity contribution in [1.29, 1.82) is 0 Å². The molecular weight excluding hydrogens is 288 g/mol. The minimum Gasteiger partial charge on any atom is -0.384 e. The molecule has 6 nitrogen and oxygen atoms in total. The fourth-order valence-corrected chi connectivity index (χ4v) is 3.11. The molecule has 0 radical (unpaired) electrons. The molecule has 7 heteroatoms. The lowest BCUT2D eigenvalue weighted by atomic mass is 10.1. The largest absolute Gasteiger partial charge is 0.384 e. The molecule has 1 aromatic carbocycles. The monoisotopic (exact) mass is 300 g/mol. The summed E-state index contributed by atoms with van der Waals surface area (Å²) in [5.74, 6) is 0.153. The van der Waals surface area contributed by atoms with E-state index in [-0.39, 0.29) is 10.7 Å². The lowest BCUT2D eigenvalue weighted by Crippen LogP contribution is -2.13. The second-order valence-electron chi connectivity index (χ2n) is 4.42. The van der Waals surface area contributed by atoms with Gasteiger partial charge in [-0.2, -0.15) is 0 Å². The third kappa shape index (κ3) is 2.63. The summed E-state index contributed by atoms with van der Waals surface area (Å²) < 4.78 is 27.3. The predicted molar refractivity (Wildman–Crippen MR) is 81.2 cm³/mol. The number of rotatable bonds is 3. The van der Waals surface area contributed by atoms with E-state index in [1.165, 1.54) is 18.3 Å². The Morgan fingerprint density at radius 3 is 2.76 bits per heavy atom. The van der Waals surface area contributed by atoms with E-state index in [0.29, 0.717) is 5.69 Å². The van der Waals surface area contributed by atoms with Gasteiger partial charge in [0, 0.05) is 35.4 Å². The molecule has 0 spiro atoms. The number of anilines is 2. The topological polar surface area (TPSA) is 98.0 Å². The quantitative estimate of drug-likeness (QED) is 0.771. The van der Waals surface area contributed by atoms with Crippen molar-refractivity contribution in [3.8, 4) is 0 Å². The van der Waals surface area contributed by atoms with Gasteiger partial charge in [-0.15, -0.1) is 0 Å². The Kier molecular flexibility index (Phi) is 3.19. The maximum Gasteiger partial charge on any atom is 0.262 e. The van der Waals surface area contributed by atoms with Crippen molar-refractivity contribution in [2.75, 3.05) is 10.5 Å². The molecule has 3 rings (SSSR count). The van der Waals surface area contributed by atoms with Gasteiger partial charge in [0.25, 0.3) is 10.0 Å². The summed E-state index contributed by atoms with van der Waals surface area (Å²) in [6.45, 7) is 0. The van der Waals surface area contributed by atoms with Crippen LogP contribution in [0.1, 0.15) is 0 Å². The number of hydrogen-bond acceptors (Lipinski definition) is 5. The van der Waals surface area contributed by atoms with Gasteiger partial charge in [-0.05, 0) is 18.2 Å². The van der Waals surface area contributed by atoms with Crippen molar-refractivity contribution < 1.29 is 8.42 Å². The van der Waals surface area contributed by atoms with Crippen LogP contribution >= 0.6 is 0 Å². The molecular formula is C14H12N4O2S. The van der Waals surface area contributed by atoms with Crippen molar-refractivity contribution in [2.24, 2.45) is 0 Å². The summed E-state index contributed by atoms with van der Waals surface area (Å²) in [6.07, 6.45) is 4.65. The van der Waals surface area contributed by atoms with Crippen LogP contribution in [0.15, 0.2) is 59.9 Å². The molecule has 0 atom stereocenters. The molecule has 2 aromatic heterocycles. The minimum absolute atomic E-state index is 0.0704. The van der Waals surface area contributed by atoms with Crippen LogP contribution in [0.2, 0.25) is 0 Å². The number of aromatic nitrogens is 2. The zero-order valence-electron chi connectivity index (χ0n) is 10.9. The van der Waals surface area contributed by atoms with Crippen molar-refractivity contribution in [3.63, 3.8) is 0 Å². The van der Waals surface area contributed by atoms with Crippen LogP contribution in [-0.2, 0) is 10.0 Å². The molecule has 21 heavy (non-hydrogen) atoms. The highest BCUT2D eigenvalue weighted by molar-refractivity contribution is 7.92. The van der Waals surface area contributed by atoms with Gasteiger partial charge < -0.3 is 5.73 Å². The zero-order chi connectivity index (χ0) is 14.9. The Labute approximate surface area is 121 Å². The van der Waals surface area contributed by atoms with E-state index in [9.17, 15) is 8.42 Å². The maximum atomic E-state index is 12.4. The lowest BCUT2D eigenvalue weighted by molar-refractivity contribution is 0.601. The number of benzene rings is 1. The van der Waals surface area contributed by atoms with E-state index in [4.69, 9.17) is 5.73 Å². The summed E-state index contributed by atoms with van der Waals surface area (Å²) in [5, 5.41) is 1.63. The number of pyridine rings is 2. The van der Waals surface area contributed by atoms with Gasteiger partial charge in [-0.1, -0.05) is 12.1 Å². The van der Waals surface area contributed by atoms with Crippen LogP contribution < -0.4 is 10.5 Å². The Balaban J connectivity index is 2.06. The lowest BCUT2D eigenvalue weighted by Gasteiger charge is -2.10. The van der Waals surface area contributed by atoms with Gasteiger partial charge in [-0.3, -0.25) is 9.71 Å². The maximum absolute atomic E-state index is 12.4. The molecule has 106 valence electrons. The van der Waals surface area contributed by atoms with E-state index in [1.54, 1.807) is 30.6 Å². The molecule has 0 aliphatic carbocycles. The first-order valence-electron chi connectivity index (χ1n) is 6.13. The van der Waals surface area contributed by atoms with E-state index >= 15 is 0 Å². The zero-order valence-corrected chi connectivity index (χ0v) is 11.7. The molecule has 2 heterocycles. The predicted octanol–water partition coefficient (Wildman–Crippen LogP) is 2.01. The molecule has 0 aliphatic heterocycles. The summed E-state index contributed by atoms with van der Waals surface area (Å²) in [7, 11) is -3.72. The fraction of sp³-hybridized carbons (Fsp3) is 0. The van der Waals surface area contributed by atoms with Crippen LogP contribution in [0.3, 0.4) is 0 Å². The van der Waals surface area contributed by atoms with E-state index < -0.39 is 10.0 Å². The smallest absolute Gasteiger partial charge is 0.262 e. The number of fused-ring (bicyclic) bond motifs is 1. The SMILES string of the molecule is Nc1cc(S(=O)(=O)Nc2cccc3cnccc23)ccn1. The molecule has 0 amide bonds. The standard InChI is InChI=1S/C14H12N4O2S/c15-14-8-11(4-7-17-14)21(19,20)18-13-3-1-2-10-9-16-6-5-12(10)13/h1-9,18H,(H2,15,17). The van der Waals surface area contributed by atoms with E-state index in [1.807, 2.05) is 6.07 Å². The van der Waals surface area contributed by atoms with Gasteiger partial charge in [0.2, 0.25) is 0 Å². The highest BCUT2D eigenvalue weighted by Gasteiger charge is 2.15. The molecule has 0 aliphatic rings. The summed E-state index contributed by atoms with van der Waals surface area (Å²) in [5.41, 5.74) is 6.02.